The fourth-order valence-electron chi connectivity index (χ4n) is 3.80. The summed E-state index contributed by atoms with van der Waals surface area (Å²) in [4.78, 5) is 17.5. The summed E-state index contributed by atoms with van der Waals surface area (Å²) in [7, 11) is 0. The van der Waals surface area contributed by atoms with E-state index in [1.807, 2.05) is 0 Å². The Balaban J connectivity index is 1.87. The molecule has 1 aliphatic rings. The van der Waals surface area contributed by atoms with Gasteiger partial charge in [0, 0.05) is 21.7 Å². The van der Waals surface area contributed by atoms with E-state index in [9.17, 15) is 36.2 Å². The molecule has 1 N–H and O–H groups in total. The lowest BCUT2D eigenvalue weighted by molar-refractivity contribution is -0.168. The molecular formula is C24H18ClF6N3O2. The molecule has 0 atom stereocenters. The highest BCUT2D eigenvalue weighted by Crippen LogP contribution is 2.57. The van der Waals surface area contributed by atoms with E-state index in [-0.39, 0.29) is 52.4 Å². The van der Waals surface area contributed by atoms with Crippen molar-refractivity contribution in [1.29, 1.82) is 0 Å². The summed E-state index contributed by atoms with van der Waals surface area (Å²) < 4.78 is 82.5. The van der Waals surface area contributed by atoms with Crippen LogP contribution in [0, 0.1) is 23.1 Å². The van der Waals surface area contributed by atoms with Crippen LogP contribution in [-0.4, -0.2) is 40.4 Å². The van der Waals surface area contributed by atoms with Crippen LogP contribution in [0.3, 0.4) is 0 Å². The molecule has 0 radical (unpaired) electrons. The Morgan fingerprint density at radius 3 is 2.53 bits per heavy atom. The summed E-state index contributed by atoms with van der Waals surface area (Å²) in [5.74, 6) is 3.31. The molecule has 1 fully saturated rings. The number of nitrogens with zero attached hydrogens (tertiary/aromatic N) is 3. The molecule has 0 aliphatic heterocycles. The Morgan fingerprint density at radius 2 is 1.92 bits per heavy atom. The van der Waals surface area contributed by atoms with Crippen molar-refractivity contribution in [3.05, 3.63) is 63.3 Å². The number of rotatable bonds is 6. The second-order valence-electron chi connectivity index (χ2n) is 8.28. The Bertz CT molecular complexity index is 1420. The summed E-state index contributed by atoms with van der Waals surface area (Å²) >= 11 is 6.05. The van der Waals surface area contributed by atoms with Crippen molar-refractivity contribution >= 4 is 34.0 Å². The SMILES string of the molecule is O=c1nc(N(CC(F)F)c2cc(F)cc(C#CC3(C(F)(F)F)CC3)c2)c2ccc(Cl)cc2n1CCO. The smallest absolute Gasteiger partial charge is 0.395 e. The third-order valence-electron chi connectivity index (χ3n) is 5.76. The molecule has 2 aromatic carbocycles. The van der Waals surface area contributed by atoms with Crippen LogP contribution in [0.1, 0.15) is 18.4 Å². The highest BCUT2D eigenvalue weighted by molar-refractivity contribution is 6.31. The van der Waals surface area contributed by atoms with Crippen LogP contribution in [0.5, 0.6) is 0 Å². The van der Waals surface area contributed by atoms with Crippen LogP contribution in [-0.2, 0) is 6.54 Å². The van der Waals surface area contributed by atoms with Gasteiger partial charge in [-0.25, -0.2) is 18.0 Å². The van der Waals surface area contributed by atoms with Crippen LogP contribution in [0.4, 0.5) is 37.8 Å². The molecule has 12 heteroatoms. The van der Waals surface area contributed by atoms with Gasteiger partial charge in [-0.05, 0) is 49.2 Å². The lowest BCUT2D eigenvalue weighted by atomic mass is 10.1. The number of aliphatic hydroxyl groups is 1. The molecule has 5 nitrogen and oxygen atoms in total. The molecule has 0 unspecified atom stereocenters. The molecule has 36 heavy (non-hydrogen) atoms. The van der Waals surface area contributed by atoms with Crippen molar-refractivity contribution in [2.75, 3.05) is 18.1 Å². The molecule has 4 rings (SSSR count). The Labute approximate surface area is 205 Å². The van der Waals surface area contributed by atoms with Gasteiger partial charge in [0.1, 0.15) is 17.1 Å². The fraction of sp³-hybridized carbons (Fsp3) is 0.333. The number of halogens is 7. The number of hydrogen-bond acceptors (Lipinski definition) is 4. The number of benzene rings is 2. The first-order chi connectivity index (χ1) is 16.9. The molecule has 1 aliphatic carbocycles. The third-order valence-corrected chi connectivity index (χ3v) is 5.99. The minimum atomic E-state index is -4.54. The summed E-state index contributed by atoms with van der Waals surface area (Å²) in [6.07, 6.45) is -7.84. The summed E-state index contributed by atoms with van der Waals surface area (Å²) in [5, 5.41) is 9.75. The van der Waals surface area contributed by atoms with E-state index >= 15 is 0 Å². The normalized spacial score (nSPS) is 14.6. The largest absolute Gasteiger partial charge is 0.405 e. The Morgan fingerprint density at radius 1 is 1.19 bits per heavy atom. The maximum atomic E-state index is 14.5. The summed E-state index contributed by atoms with van der Waals surface area (Å²) in [6, 6.07) is 7.23. The van der Waals surface area contributed by atoms with Gasteiger partial charge in [-0.1, -0.05) is 23.4 Å². The molecular weight excluding hydrogens is 512 g/mol. The molecule has 0 bridgehead atoms. The quantitative estimate of drug-likeness (QED) is 0.349. The first-order valence-corrected chi connectivity index (χ1v) is 11.1. The first kappa shape index (κ1) is 25.9. The summed E-state index contributed by atoms with van der Waals surface area (Å²) in [5.41, 5.74) is -3.16. The Hall–Kier alpha value is -3.23. The highest BCUT2D eigenvalue weighted by Gasteiger charge is 2.62. The van der Waals surface area contributed by atoms with Gasteiger partial charge in [0.05, 0.1) is 25.2 Å². The van der Waals surface area contributed by atoms with Crippen molar-refractivity contribution in [3.8, 4) is 11.8 Å². The number of fused-ring (bicyclic) bond motifs is 1. The van der Waals surface area contributed by atoms with Gasteiger partial charge in [0.25, 0.3) is 6.43 Å². The van der Waals surface area contributed by atoms with Crippen molar-refractivity contribution in [2.45, 2.75) is 32.0 Å². The molecule has 0 saturated heterocycles. The predicted molar refractivity (Wildman–Crippen MR) is 122 cm³/mol. The van der Waals surface area contributed by atoms with Gasteiger partial charge in [-0.15, -0.1) is 0 Å². The van der Waals surface area contributed by atoms with Gasteiger partial charge in [-0.3, -0.25) is 4.57 Å². The number of anilines is 2. The van der Waals surface area contributed by atoms with Gasteiger partial charge < -0.3 is 10.0 Å². The van der Waals surface area contributed by atoms with E-state index in [0.717, 1.165) is 27.7 Å². The number of alkyl halides is 5. The van der Waals surface area contributed by atoms with Crippen LogP contribution >= 0.6 is 11.6 Å². The van der Waals surface area contributed by atoms with E-state index in [1.54, 1.807) is 0 Å². The lowest BCUT2D eigenvalue weighted by Crippen LogP contribution is -2.31. The second-order valence-corrected chi connectivity index (χ2v) is 8.72. The number of aliphatic hydroxyl groups excluding tert-OH is 1. The van der Waals surface area contributed by atoms with Crippen molar-refractivity contribution < 1.29 is 31.4 Å². The zero-order valence-electron chi connectivity index (χ0n) is 18.4. The van der Waals surface area contributed by atoms with Gasteiger partial charge >= 0.3 is 11.9 Å². The number of aromatic nitrogens is 2. The summed E-state index contributed by atoms with van der Waals surface area (Å²) in [6.45, 7) is -1.55. The zero-order valence-corrected chi connectivity index (χ0v) is 19.2. The molecule has 0 spiro atoms. The van der Waals surface area contributed by atoms with E-state index in [0.29, 0.717) is 0 Å². The van der Waals surface area contributed by atoms with E-state index in [2.05, 4.69) is 16.8 Å². The molecule has 1 saturated carbocycles. The minimum absolute atomic E-state index is 0.140. The zero-order chi connectivity index (χ0) is 26.3. The van der Waals surface area contributed by atoms with E-state index in [4.69, 9.17) is 11.6 Å². The van der Waals surface area contributed by atoms with Crippen LogP contribution in [0.2, 0.25) is 5.02 Å². The van der Waals surface area contributed by atoms with E-state index in [1.165, 1.54) is 18.2 Å². The average molecular weight is 530 g/mol. The molecule has 1 heterocycles. The van der Waals surface area contributed by atoms with Crippen LogP contribution in [0.15, 0.2) is 41.2 Å². The maximum Gasteiger partial charge on any atom is 0.405 e. The van der Waals surface area contributed by atoms with Gasteiger partial charge in [0.2, 0.25) is 0 Å². The standard InChI is InChI=1S/C24H18ClF6N3O2/c25-15-1-2-18-19(11-15)33(7-8-35)22(36)32-21(18)34(13-20(27)28)17-10-14(9-16(26)12-17)3-4-23(5-6-23)24(29,30)31/h1-2,9-12,20,35H,5-8,13H2. The predicted octanol–water partition coefficient (Wildman–Crippen LogP) is 5.28. The molecule has 0 amide bonds. The van der Waals surface area contributed by atoms with Gasteiger partial charge in [0.15, 0.2) is 0 Å². The second kappa shape index (κ2) is 9.67. The van der Waals surface area contributed by atoms with Crippen LogP contribution < -0.4 is 10.6 Å². The highest BCUT2D eigenvalue weighted by atomic mass is 35.5. The van der Waals surface area contributed by atoms with Crippen molar-refractivity contribution in [1.82, 2.24) is 9.55 Å². The molecule has 3 aromatic rings. The van der Waals surface area contributed by atoms with Crippen LogP contribution in [0.25, 0.3) is 10.9 Å². The average Bonchev–Trinajstić information content (AvgIpc) is 3.59. The topological polar surface area (TPSA) is 58.4 Å². The van der Waals surface area contributed by atoms with Crippen molar-refractivity contribution in [3.63, 3.8) is 0 Å². The monoisotopic (exact) mass is 529 g/mol. The first-order valence-electron chi connectivity index (χ1n) is 10.7. The van der Waals surface area contributed by atoms with Crippen molar-refractivity contribution in [2.24, 2.45) is 5.41 Å². The Kier molecular flexibility index (Phi) is 6.94. The number of hydrogen-bond donors (Lipinski definition) is 1. The molecule has 190 valence electrons. The third kappa shape index (κ3) is 5.15. The fourth-order valence-corrected chi connectivity index (χ4v) is 3.97. The lowest BCUT2D eigenvalue weighted by Gasteiger charge is -2.26. The van der Waals surface area contributed by atoms with E-state index < -0.39 is 42.7 Å². The van der Waals surface area contributed by atoms with Gasteiger partial charge in [-0.2, -0.15) is 18.2 Å². The maximum absolute atomic E-state index is 14.5. The minimum Gasteiger partial charge on any atom is -0.395 e. The molecule has 1 aromatic heterocycles.